The standard InChI is InChI=1S/C28H29F2N7O5S/c1-3-42-18-6-4-17(5-7-18)36-14-20(26(35-36)25-19(29)8-9-22(30)34-25)32-27(40)21-15-43-28(33-21)16-12-31-37(13-16)23(38)10-11-24(39)41-2/h8-9,12-15,17-18H,3-7,10-11H2,1-2H3,(H,32,40)/t17-,18-. The van der Waals surface area contributed by atoms with Gasteiger partial charge in [0, 0.05) is 36.4 Å². The summed E-state index contributed by atoms with van der Waals surface area (Å²) in [7, 11) is 1.24. The van der Waals surface area contributed by atoms with Crippen LogP contribution in [-0.2, 0) is 14.3 Å². The summed E-state index contributed by atoms with van der Waals surface area (Å²) in [6, 6.07) is 1.85. The minimum Gasteiger partial charge on any atom is -0.469 e. The second-order valence-electron chi connectivity index (χ2n) is 9.86. The zero-order valence-corrected chi connectivity index (χ0v) is 24.3. The topological polar surface area (TPSA) is 143 Å². The zero-order chi connectivity index (χ0) is 30.5. The summed E-state index contributed by atoms with van der Waals surface area (Å²) < 4.78 is 41.8. The van der Waals surface area contributed by atoms with E-state index in [2.05, 4.69) is 30.2 Å². The molecule has 0 aromatic carbocycles. The molecule has 226 valence electrons. The Hall–Kier alpha value is -4.37. The quantitative estimate of drug-likeness (QED) is 0.195. The van der Waals surface area contributed by atoms with Crippen LogP contribution in [0.5, 0.6) is 0 Å². The van der Waals surface area contributed by atoms with E-state index in [1.54, 1.807) is 10.9 Å². The van der Waals surface area contributed by atoms with Gasteiger partial charge >= 0.3 is 5.97 Å². The van der Waals surface area contributed by atoms with Gasteiger partial charge in [0.25, 0.3) is 5.91 Å². The third-order valence-corrected chi connectivity index (χ3v) is 7.92. The third-order valence-electron chi connectivity index (χ3n) is 7.03. The van der Waals surface area contributed by atoms with Crippen molar-refractivity contribution in [3.8, 4) is 22.0 Å². The van der Waals surface area contributed by atoms with E-state index < -0.39 is 29.5 Å². The van der Waals surface area contributed by atoms with Gasteiger partial charge in [-0.2, -0.15) is 14.6 Å². The molecule has 4 aromatic heterocycles. The molecule has 4 aromatic rings. The number of amides is 1. The Balaban J connectivity index is 1.35. The minimum atomic E-state index is -0.881. The number of hydrogen-bond acceptors (Lipinski definition) is 10. The maximum atomic E-state index is 14.8. The van der Waals surface area contributed by atoms with E-state index in [0.29, 0.717) is 17.2 Å². The van der Waals surface area contributed by atoms with Crippen molar-refractivity contribution < 1.29 is 32.6 Å². The highest BCUT2D eigenvalue weighted by molar-refractivity contribution is 7.13. The number of nitrogens with one attached hydrogen (secondary N) is 1. The number of anilines is 1. The Morgan fingerprint density at radius 2 is 1.86 bits per heavy atom. The molecule has 0 aliphatic heterocycles. The Bertz CT molecular complexity index is 1630. The molecule has 0 bridgehead atoms. The first kappa shape index (κ1) is 30.1. The molecule has 1 saturated carbocycles. The van der Waals surface area contributed by atoms with Crippen molar-refractivity contribution in [1.82, 2.24) is 29.5 Å². The number of hydrogen-bond donors (Lipinski definition) is 1. The summed E-state index contributed by atoms with van der Waals surface area (Å²) in [5.74, 6) is -3.16. The molecular weight excluding hydrogens is 584 g/mol. The van der Waals surface area contributed by atoms with Crippen molar-refractivity contribution in [2.75, 3.05) is 19.0 Å². The van der Waals surface area contributed by atoms with E-state index >= 15 is 0 Å². The SMILES string of the molecule is CCO[C@H]1CC[C@H](n2cc(NC(=O)c3csc(-c4cnn(C(=O)CCC(=O)OC)c4)n3)c(-c3nc(F)ccc3F)n2)CC1. The summed E-state index contributed by atoms with van der Waals surface area (Å²) in [6.45, 7) is 2.59. The summed E-state index contributed by atoms with van der Waals surface area (Å²) in [6.07, 6.45) is 7.70. The van der Waals surface area contributed by atoms with Crippen LogP contribution in [0.1, 0.15) is 66.8 Å². The van der Waals surface area contributed by atoms with Crippen LogP contribution in [0.3, 0.4) is 0 Å². The number of nitrogens with zero attached hydrogens (tertiary/aromatic N) is 6. The van der Waals surface area contributed by atoms with Crippen LogP contribution in [0, 0.1) is 11.8 Å². The van der Waals surface area contributed by atoms with Gasteiger partial charge in [0.05, 0.1) is 37.6 Å². The highest BCUT2D eigenvalue weighted by Gasteiger charge is 2.27. The molecule has 12 nitrogen and oxygen atoms in total. The number of ether oxygens (including phenoxy) is 2. The number of methoxy groups -OCH3 is 1. The lowest BCUT2D eigenvalue weighted by molar-refractivity contribution is -0.140. The Morgan fingerprint density at radius 3 is 2.60 bits per heavy atom. The lowest BCUT2D eigenvalue weighted by Gasteiger charge is -2.28. The van der Waals surface area contributed by atoms with Crippen molar-refractivity contribution >= 4 is 34.8 Å². The van der Waals surface area contributed by atoms with Gasteiger partial charge in [0.1, 0.15) is 22.1 Å². The van der Waals surface area contributed by atoms with Crippen LogP contribution in [-0.4, -0.2) is 67.1 Å². The number of pyridine rings is 1. The normalized spacial score (nSPS) is 16.7. The molecule has 1 fully saturated rings. The first-order valence-electron chi connectivity index (χ1n) is 13.7. The molecule has 0 saturated heterocycles. The fourth-order valence-corrected chi connectivity index (χ4v) is 5.61. The number of esters is 1. The van der Waals surface area contributed by atoms with Crippen LogP contribution < -0.4 is 5.32 Å². The predicted octanol–water partition coefficient (Wildman–Crippen LogP) is 4.91. The Morgan fingerprint density at radius 1 is 1.07 bits per heavy atom. The molecule has 1 aliphatic rings. The van der Waals surface area contributed by atoms with Crippen LogP contribution in [0.25, 0.3) is 22.0 Å². The van der Waals surface area contributed by atoms with E-state index in [4.69, 9.17) is 4.74 Å². The maximum Gasteiger partial charge on any atom is 0.306 e. The number of rotatable bonds is 10. The molecule has 4 heterocycles. The predicted molar refractivity (Wildman–Crippen MR) is 151 cm³/mol. The van der Waals surface area contributed by atoms with Gasteiger partial charge in [-0.05, 0) is 44.7 Å². The molecule has 0 spiro atoms. The van der Waals surface area contributed by atoms with Gasteiger partial charge in [0.15, 0.2) is 5.82 Å². The zero-order valence-electron chi connectivity index (χ0n) is 23.5. The number of carbonyl (C=O) groups excluding carboxylic acids is 3. The molecule has 43 heavy (non-hydrogen) atoms. The second-order valence-corrected chi connectivity index (χ2v) is 10.7. The monoisotopic (exact) mass is 613 g/mol. The molecule has 5 rings (SSSR count). The fourth-order valence-electron chi connectivity index (χ4n) is 4.83. The Labute approximate surface area is 249 Å². The highest BCUT2D eigenvalue weighted by Crippen LogP contribution is 2.34. The average molecular weight is 614 g/mol. The summed E-state index contributed by atoms with van der Waals surface area (Å²) in [5.41, 5.74) is 0.401. The molecule has 0 atom stereocenters. The van der Waals surface area contributed by atoms with Crippen LogP contribution in [0.15, 0.2) is 36.1 Å². The summed E-state index contributed by atoms with van der Waals surface area (Å²) in [5, 5.41) is 13.2. The number of carbonyl (C=O) groups is 3. The van der Waals surface area contributed by atoms with E-state index in [9.17, 15) is 23.2 Å². The number of thiazole rings is 1. The second kappa shape index (κ2) is 13.3. The van der Waals surface area contributed by atoms with E-state index in [0.717, 1.165) is 53.8 Å². The third kappa shape index (κ3) is 7.00. The minimum absolute atomic E-state index is 0.000483. The Kier molecular flexibility index (Phi) is 9.31. The van der Waals surface area contributed by atoms with E-state index in [1.807, 2.05) is 6.92 Å². The van der Waals surface area contributed by atoms with Gasteiger partial charge in [0.2, 0.25) is 11.9 Å². The van der Waals surface area contributed by atoms with Gasteiger partial charge in [-0.25, -0.2) is 19.0 Å². The van der Waals surface area contributed by atoms with Crippen molar-refractivity contribution in [2.24, 2.45) is 0 Å². The average Bonchev–Trinajstić information content (AvgIpc) is 3.78. The molecule has 1 N–H and O–H groups in total. The molecule has 15 heteroatoms. The van der Waals surface area contributed by atoms with Gasteiger partial charge in [-0.1, -0.05) is 0 Å². The molecule has 0 unspecified atom stereocenters. The summed E-state index contributed by atoms with van der Waals surface area (Å²) >= 11 is 1.16. The highest BCUT2D eigenvalue weighted by atomic mass is 32.1. The van der Waals surface area contributed by atoms with Crippen molar-refractivity contribution in [1.29, 1.82) is 0 Å². The molecule has 0 radical (unpaired) electrons. The molecule has 1 amide bonds. The first-order valence-corrected chi connectivity index (χ1v) is 14.6. The van der Waals surface area contributed by atoms with Crippen LogP contribution >= 0.6 is 11.3 Å². The van der Waals surface area contributed by atoms with Crippen molar-refractivity contribution in [3.63, 3.8) is 0 Å². The van der Waals surface area contributed by atoms with E-state index in [1.165, 1.54) is 24.9 Å². The van der Waals surface area contributed by atoms with Crippen molar-refractivity contribution in [3.05, 3.63) is 53.6 Å². The van der Waals surface area contributed by atoms with Gasteiger partial charge < -0.3 is 14.8 Å². The first-order chi connectivity index (χ1) is 20.7. The van der Waals surface area contributed by atoms with E-state index in [-0.39, 0.29) is 47.8 Å². The summed E-state index contributed by atoms with van der Waals surface area (Å²) in [4.78, 5) is 45.0. The van der Waals surface area contributed by atoms with Crippen molar-refractivity contribution in [2.45, 2.75) is 57.6 Å². The lowest BCUT2D eigenvalue weighted by atomic mass is 9.93. The molecule has 1 aliphatic carbocycles. The number of aromatic nitrogens is 6. The van der Waals surface area contributed by atoms with Gasteiger partial charge in [-0.3, -0.25) is 19.1 Å². The van der Waals surface area contributed by atoms with Crippen LogP contribution in [0.4, 0.5) is 14.5 Å². The smallest absolute Gasteiger partial charge is 0.306 e. The fraction of sp³-hybridized carbons (Fsp3) is 0.393. The lowest BCUT2D eigenvalue weighted by Crippen LogP contribution is -2.24. The molecular formula is C28H29F2N7O5S. The van der Waals surface area contributed by atoms with Gasteiger partial charge in [-0.15, -0.1) is 11.3 Å². The van der Waals surface area contributed by atoms with Crippen LogP contribution in [0.2, 0.25) is 0 Å². The largest absolute Gasteiger partial charge is 0.469 e. The number of halogens is 2. The maximum absolute atomic E-state index is 14.8.